The van der Waals surface area contributed by atoms with Crippen molar-refractivity contribution < 1.29 is 38.8 Å². The Hall–Kier alpha value is -3.32. The number of fused-ring (bicyclic) bond motifs is 5. The minimum Gasteiger partial charge on any atom is -0.512 e. The molecule has 0 spiro atoms. The van der Waals surface area contributed by atoms with Gasteiger partial charge in [0.25, 0.3) is 0 Å². The molecule has 2 aromatic carbocycles. The number of nitrogens with zero attached hydrogens (tertiary/aromatic N) is 2. The van der Waals surface area contributed by atoms with Crippen LogP contribution < -0.4 is 0 Å². The monoisotopic (exact) mass is 844 g/mol. The summed E-state index contributed by atoms with van der Waals surface area (Å²) in [5.74, 6) is 0.286. The first-order chi connectivity index (χ1) is 22.2. The molecule has 8 heteroatoms. The first kappa shape index (κ1) is 37.5. The van der Waals surface area contributed by atoms with Crippen LogP contribution in [0.3, 0.4) is 0 Å². The third-order valence-corrected chi connectivity index (χ3v) is 11.2. The number of aromatic nitrogens is 2. The molecule has 6 nitrogen and oxygen atoms in total. The second-order valence-corrected chi connectivity index (χ2v) is 15.1. The minimum atomic E-state index is -0.337. The van der Waals surface area contributed by atoms with E-state index in [1.807, 2.05) is 60.6 Å². The van der Waals surface area contributed by atoms with Crippen molar-refractivity contribution in [3.8, 4) is 11.3 Å². The number of hydrogen-bond acceptors (Lipinski definition) is 7. The normalized spacial score (nSPS) is 12.8. The Morgan fingerprint density at radius 3 is 2.21 bits per heavy atom. The van der Waals surface area contributed by atoms with Crippen LogP contribution in [-0.2, 0) is 30.3 Å². The summed E-state index contributed by atoms with van der Waals surface area (Å²) < 4.78 is 13.1. The molecule has 4 aromatic heterocycles. The molecule has 257 valence electrons. The van der Waals surface area contributed by atoms with E-state index >= 15 is 0 Å². The van der Waals surface area contributed by atoms with Crippen molar-refractivity contribution in [2.45, 2.75) is 100 Å². The van der Waals surface area contributed by atoms with Crippen LogP contribution in [0, 0.1) is 23.8 Å². The van der Waals surface area contributed by atoms with Gasteiger partial charge in [0.1, 0.15) is 23.3 Å². The van der Waals surface area contributed by atoms with E-state index in [4.69, 9.17) is 8.83 Å². The maximum Gasteiger partial charge on any atom is 0.223 e. The van der Waals surface area contributed by atoms with Crippen molar-refractivity contribution in [3.63, 3.8) is 0 Å². The third kappa shape index (κ3) is 6.90. The molecule has 6 rings (SSSR count). The van der Waals surface area contributed by atoms with Crippen LogP contribution in [0.25, 0.3) is 54.4 Å². The van der Waals surface area contributed by atoms with Crippen LogP contribution in [0.4, 0.5) is 0 Å². The third-order valence-electron chi connectivity index (χ3n) is 10.3. The zero-order valence-electron chi connectivity index (χ0n) is 29.8. The summed E-state index contributed by atoms with van der Waals surface area (Å²) >= 11 is 1.76. The van der Waals surface area contributed by atoms with Gasteiger partial charge in [-0.15, -0.1) is 23.6 Å². The maximum atomic E-state index is 12.2. The van der Waals surface area contributed by atoms with Gasteiger partial charge < -0.3 is 13.9 Å². The van der Waals surface area contributed by atoms with E-state index in [1.54, 1.807) is 23.9 Å². The number of hydrogen-bond donors (Lipinski definition) is 1. The number of rotatable bonds is 8. The Morgan fingerprint density at radius 1 is 0.938 bits per heavy atom. The number of allylic oxidation sites excluding steroid dienone is 2. The van der Waals surface area contributed by atoms with Crippen LogP contribution >= 0.6 is 11.3 Å². The molecule has 0 aliphatic rings. The predicted molar refractivity (Wildman–Crippen MR) is 195 cm³/mol. The van der Waals surface area contributed by atoms with Gasteiger partial charge in [0, 0.05) is 58.9 Å². The van der Waals surface area contributed by atoms with E-state index in [9.17, 15) is 9.90 Å². The van der Waals surface area contributed by atoms with Crippen molar-refractivity contribution in [1.29, 1.82) is 0 Å². The predicted octanol–water partition coefficient (Wildman–Crippen LogP) is 12.1. The van der Waals surface area contributed by atoms with Crippen molar-refractivity contribution >= 4 is 60.2 Å². The van der Waals surface area contributed by atoms with Gasteiger partial charge in [-0.1, -0.05) is 73.4 Å². The Balaban J connectivity index is 0.000000251. The summed E-state index contributed by atoms with van der Waals surface area (Å²) in [6, 6.07) is 12.0. The van der Waals surface area contributed by atoms with E-state index in [1.165, 1.54) is 16.3 Å². The van der Waals surface area contributed by atoms with E-state index < -0.39 is 0 Å². The molecule has 0 atom stereocenters. The summed E-state index contributed by atoms with van der Waals surface area (Å²) in [6.45, 7) is 20.8. The van der Waals surface area contributed by atoms with Crippen molar-refractivity contribution in [2.24, 2.45) is 10.8 Å². The van der Waals surface area contributed by atoms with E-state index in [0.29, 0.717) is 5.71 Å². The van der Waals surface area contributed by atoms with Crippen LogP contribution in [0.1, 0.15) is 99.1 Å². The Bertz CT molecular complexity index is 2100. The van der Waals surface area contributed by atoms with Crippen LogP contribution in [0.15, 0.2) is 62.9 Å². The van der Waals surface area contributed by atoms with Gasteiger partial charge in [0.15, 0.2) is 5.78 Å². The number of furan rings is 2. The maximum absolute atomic E-state index is 12.2. The summed E-state index contributed by atoms with van der Waals surface area (Å²) in [5.41, 5.74) is 5.79. The molecule has 1 radical (unpaired) electrons. The topological polar surface area (TPSA) is 89.4 Å². The van der Waals surface area contributed by atoms with Gasteiger partial charge in [-0.3, -0.25) is 9.78 Å². The average molecular weight is 844 g/mol. The standard InChI is InChI=1S/C25H19N2O2S.C15H28O2.Ir/c1-13-11-28-19-10-17-20(9-16(13)19)29-24-21(17)22(26-12-27-24)15-7-14-5-6-30-23(14)18(8-15)25(2,3)4;1-7-14(5,8-2)12(16)11-13(17)15(6,9-3)10-4;/h5-6,8-12H,1-4H3;11,16H,7-10H2,1-6H3;/q-1;;/b;12-11-;. The quantitative estimate of drug-likeness (QED) is 0.0932. The smallest absolute Gasteiger partial charge is 0.223 e. The van der Waals surface area contributed by atoms with Gasteiger partial charge >= 0.3 is 0 Å². The largest absolute Gasteiger partial charge is 0.512 e. The number of thiophene rings is 1. The number of aliphatic hydroxyl groups excluding tert-OH is 1. The van der Waals surface area contributed by atoms with E-state index in [0.717, 1.165) is 75.2 Å². The summed E-state index contributed by atoms with van der Waals surface area (Å²) in [6.07, 6.45) is 8.10. The molecule has 1 N–H and O–H groups in total. The zero-order chi connectivity index (χ0) is 34.3. The number of aliphatic hydroxyl groups is 1. The van der Waals surface area contributed by atoms with Gasteiger partial charge in [-0.2, -0.15) is 11.3 Å². The molecule has 0 saturated heterocycles. The van der Waals surface area contributed by atoms with Gasteiger partial charge in [0.05, 0.1) is 6.26 Å². The molecule has 0 aliphatic carbocycles. The summed E-state index contributed by atoms with van der Waals surface area (Å²) in [5, 5.41) is 16.3. The molecular formula is C40H47IrN2O4S-. The molecule has 4 heterocycles. The van der Waals surface area contributed by atoms with Gasteiger partial charge in [-0.05, 0) is 65.8 Å². The van der Waals surface area contributed by atoms with Crippen LogP contribution in [-0.4, -0.2) is 20.9 Å². The molecule has 0 saturated carbocycles. The second kappa shape index (κ2) is 14.3. The fourth-order valence-corrected chi connectivity index (χ4v) is 6.91. The molecular weight excluding hydrogens is 797 g/mol. The Labute approximate surface area is 301 Å². The van der Waals surface area contributed by atoms with Crippen LogP contribution in [0.2, 0.25) is 0 Å². The molecule has 48 heavy (non-hydrogen) atoms. The molecule has 0 fully saturated rings. The summed E-state index contributed by atoms with van der Waals surface area (Å²) in [4.78, 5) is 21.3. The average Bonchev–Trinajstić information content (AvgIpc) is 3.78. The fourth-order valence-electron chi connectivity index (χ4n) is 5.83. The number of carbonyl (C=O) groups is 1. The first-order valence-corrected chi connectivity index (χ1v) is 17.5. The minimum absolute atomic E-state index is 0. The fraction of sp³-hybridized carbons (Fsp3) is 0.425. The molecule has 0 bridgehead atoms. The van der Waals surface area contributed by atoms with Crippen molar-refractivity contribution in [3.05, 3.63) is 71.3 Å². The molecule has 0 amide bonds. The summed E-state index contributed by atoms with van der Waals surface area (Å²) in [7, 11) is 0. The van der Waals surface area contributed by atoms with Gasteiger partial charge in [0.2, 0.25) is 5.71 Å². The number of carbonyl (C=O) groups excluding carboxylic acids is 1. The first-order valence-electron chi connectivity index (χ1n) is 16.6. The molecule has 0 aliphatic heterocycles. The number of ketones is 1. The second-order valence-electron chi connectivity index (χ2n) is 14.2. The van der Waals surface area contributed by atoms with Crippen molar-refractivity contribution in [2.75, 3.05) is 0 Å². The SMILES string of the molecule is CCC(C)(CC)C(=O)/C=C(\O)C(C)(CC)CC.Cc1coc2cc3c(cc12)oc1ncnc(-c2[c-]c4ccsc4c(C(C)(C)C)c2)c13.[Ir]. The molecule has 0 unspecified atom stereocenters. The van der Waals surface area contributed by atoms with E-state index in [2.05, 4.69) is 54.3 Å². The van der Waals surface area contributed by atoms with Crippen molar-refractivity contribution in [1.82, 2.24) is 9.97 Å². The zero-order valence-corrected chi connectivity index (χ0v) is 33.0. The van der Waals surface area contributed by atoms with Gasteiger partial charge in [-0.25, -0.2) is 4.98 Å². The van der Waals surface area contributed by atoms with Crippen LogP contribution in [0.5, 0.6) is 0 Å². The Kier molecular flexibility index (Phi) is 11.1. The number of benzene rings is 2. The molecule has 6 aromatic rings. The number of aryl methyl sites for hydroxylation is 1. The van der Waals surface area contributed by atoms with E-state index in [-0.39, 0.29) is 47.9 Å². The Morgan fingerprint density at radius 2 is 1.58 bits per heavy atom.